The van der Waals surface area contributed by atoms with E-state index in [4.69, 9.17) is 9.47 Å². The summed E-state index contributed by atoms with van der Waals surface area (Å²) in [6, 6.07) is 38.4. The third kappa shape index (κ3) is 2.75. The number of hydrogen-bond donors (Lipinski definition) is 0. The number of carbonyl (C=O) groups is 1. The average Bonchev–Trinajstić information content (AvgIpc) is 3.54. The lowest BCUT2D eigenvalue weighted by molar-refractivity contribution is -0.140. The molecule has 30 heavy (non-hydrogen) atoms. The zero-order valence-electron chi connectivity index (χ0n) is 16.3. The summed E-state index contributed by atoms with van der Waals surface area (Å²) in [7, 11) is 0. The van der Waals surface area contributed by atoms with Crippen LogP contribution in [0.4, 0.5) is 0 Å². The molecule has 4 aromatic carbocycles. The Balaban J connectivity index is 1.70. The van der Waals surface area contributed by atoms with Gasteiger partial charge in [-0.3, -0.25) is 0 Å². The van der Waals surface area contributed by atoms with Gasteiger partial charge in [-0.2, -0.15) is 0 Å². The van der Waals surface area contributed by atoms with Crippen molar-refractivity contribution in [3.05, 3.63) is 138 Å². The highest BCUT2D eigenvalue weighted by Crippen LogP contribution is 2.66. The lowest BCUT2D eigenvalue weighted by atomic mass is 9.77. The highest BCUT2D eigenvalue weighted by atomic mass is 16.7. The van der Waals surface area contributed by atoms with Crippen LogP contribution in [0.15, 0.2) is 121 Å². The minimum absolute atomic E-state index is 0.437. The second-order valence-electron chi connectivity index (χ2n) is 7.27. The molecule has 1 aliphatic rings. The summed E-state index contributed by atoms with van der Waals surface area (Å²) >= 11 is 0. The molecule has 0 amide bonds. The van der Waals surface area contributed by atoms with E-state index in [1.165, 1.54) is 0 Å². The number of esters is 1. The Hall–Kier alpha value is -3.69. The molecule has 4 aromatic rings. The van der Waals surface area contributed by atoms with Gasteiger partial charge in [-0.1, -0.05) is 109 Å². The van der Waals surface area contributed by atoms with Gasteiger partial charge in [-0.05, 0) is 28.8 Å². The zero-order valence-corrected chi connectivity index (χ0v) is 16.3. The molecule has 0 N–H and O–H groups in total. The van der Waals surface area contributed by atoms with E-state index in [0.29, 0.717) is 5.75 Å². The van der Waals surface area contributed by atoms with Gasteiger partial charge in [0.1, 0.15) is 5.75 Å². The van der Waals surface area contributed by atoms with Crippen LogP contribution >= 0.6 is 0 Å². The molecule has 146 valence electrons. The molecule has 0 radical (unpaired) electrons. The van der Waals surface area contributed by atoms with E-state index in [1.54, 1.807) is 12.1 Å². The first kappa shape index (κ1) is 18.3. The van der Waals surface area contributed by atoms with Crippen LogP contribution in [0.3, 0.4) is 0 Å². The fourth-order valence-electron chi connectivity index (χ4n) is 4.15. The Morgan fingerprint density at radius 2 is 0.967 bits per heavy atom. The normalized spacial score (nSPS) is 19.1. The van der Waals surface area contributed by atoms with Crippen molar-refractivity contribution >= 4 is 5.97 Å². The third-order valence-corrected chi connectivity index (χ3v) is 5.54. The van der Waals surface area contributed by atoms with Gasteiger partial charge >= 0.3 is 5.97 Å². The second kappa shape index (κ2) is 7.29. The summed E-state index contributed by atoms with van der Waals surface area (Å²) in [5.74, 6) is 0.0518. The Bertz CT molecular complexity index is 1100. The van der Waals surface area contributed by atoms with Crippen LogP contribution in [0.5, 0.6) is 5.75 Å². The molecule has 1 fully saturated rings. The predicted molar refractivity (Wildman–Crippen MR) is 115 cm³/mol. The summed E-state index contributed by atoms with van der Waals surface area (Å²) in [6.07, 6.45) is 0. The molecule has 0 saturated carbocycles. The van der Waals surface area contributed by atoms with Gasteiger partial charge in [-0.15, -0.1) is 0 Å². The molecular weight excluding hydrogens is 372 g/mol. The molecule has 3 nitrogen and oxygen atoms in total. The molecule has 0 aliphatic carbocycles. The highest BCUT2D eigenvalue weighted by molar-refractivity contribution is 5.90. The van der Waals surface area contributed by atoms with Crippen LogP contribution in [0.25, 0.3) is 0 Å². The summed E-state index contributed by atoms with van der Waals surface area (Å²) in [6.45, 7) is 0. The van der Waals surface area contributed by atoms with Crippen LogP contribution in [0.2, 0.25) is 0 Å². The van der Waals surface area contributed by atoms with Crippen LogP contribution < -0.4 is 4.74 Å². The topological polar surface area (TPSA) is 38.8 Å². The maximum Gasteiger partial charge on any atom is 0.352 e. The fraction of sp³-hybridized carbons (Fsp3) is 0.0741. The van der Waals surface area contributed by atoms with Crippen molar-refractivity contribution in [1.29, 1.82) is 0 Å². The zero-order chi connectivity index (χ0) is 20.4. The molecule has 1 atom stereocenters. The number of rotatable bonds is 5. The van der Waals surface area contributed by atoms with E-state index < -0.39 is 17.2 Å². The van der Waals surface area contributed by atoms with Crippen molar-refractivity contribution in [2.75, 3.05) is 0 Å². The third-order valence-electron chi connectivity index (χ3n) is 5.54. The first-order valence-corrected chi connectivity index (χ1v) is 9.91. The lowest BCUT2D eigenvalue weighted by Crippen LogP contribution is -2.35. The van der Waals surface area contributed by atoms with E-state index in [0.717, 1.165) is 16.7 Å². The van der Waals surface area contributed by atoms with Gasteiger partial charge in [0.25, 0.3) is 0 Å². The largest absolute Gasteiger partial charge is 0.424 e. The number of hydrogen-bond acceptors (Lipinski definition) is 3. The molecule has 5 rings (SSSR count). The van der Waals surface area contributed by atoms with Crippen LogP contribution in [-0.4, -0.2) is 5.97 Å². The van der Waals surface area contributed by atoms with Crippen LogP contribution in [0.1, 0.15) is 16.7 Å². The standard InChI is InChI=1S/C27H20O3/c28-25(29-24-19-11-4-12-20-24)27(23-17-9-3-10-18-23)26(30-27,21-13-5-1-6-14-21)22-15-7-2-8-16-22/h1-20H. The van der Waals surface area contributed by atoms with E-state index in [-0.39, 0.29) is 0 Å². The highest BCUT2D eigenvalue weighted by Gasteiger charge is 2.78. The van der Waals surface area contributed by atoms with Gasteiger partial charge in [-0.25, -0.2) is 4.79 Å². The van der Waals surface area contributed by atoms with Gasteiger partial charge < -0.3 is 9.47 Å². The van der Waals surface area contributed by atoms with Crippen molar-refractivity contribution in [2.24, 2.45) is 0 Å². The Kier molecular flexibility index (Phi) is 4.46. The number of epoxide rings is 1. The van der Waals surface area contributed by atoms with Gasteiger partial charge in [0, 0.05) is 0 Å². The first-order chi connectivity index (χ1) is 14.8. The van der Waals surface area contributed by atoms with Crippen LogP contribution in [0, 0.1) is 0 Å². The molecule has 1 saturated heterocycles. The first-order valence-electron chi connectivity index (χ1n) is 9.91. The van der Waals surface area contributed by atoms with Crippen molar-refractivity contribution < 1.29 is 14.3 Å². The average molecular weight is 392 g/mol. The molecule has 1 aliphatic heterocycles. The molecule has 0 spiro atoms. The number of benzene rings is 4. The Labute approximate surface area is 175 Å². The van der Waals surface area contributed by atoms with Gasteiger partial charge in [0.2, 0.25) is 5.60 Å². The molecule has 1 heterocycles. The van der Waals surface area contributed by atoms with Crippen LogP contribution in [-0.2, 0) is 20.7 Å². The fourth-order valence-corrected chi connectivity index (χ4v) is 4.15. The molecule has 0 bridgehead atoms. The Morgan fingerprint density at radius 1 is 0.567 bits per heavy atom. The summed E-state index contributed by atoms with van der Waals surface area (Å²) in [5.41, 5.74) is 0.323. The minimum Gasteiger partial charge on any atom is -0.424 e. The predicted octanol–water partition coefficient (Wildman–Crippen LogP) is 5.46. The maximum absolute atomic E-state index is 13.7. The number of ether oxygens (including phenoxy) is 2. The number of para-hydroxylation sites is 1. The van der Waals surface area contributed by atoms with Crippen molar-refractivity contribution in [3.8, 4) is 5.75 Å². The number of carbonyl (C=O) groups excluding carboxylic acids is 1. The van der Waals surface area contributed by atoms with E-state index >= 15 is 0 Å². The molecule has 0 aromatic heterocycles. The Morgan fingerprint density at radius 3 is 1.43 bits per heavy atom. The minimum atomic E-state index is -1.28. The molecule has 1 unspecified atom stereocenters. The molecular formula is C27H20O3. The van der Waals surface area contributed by atoms with E-state index in [9.17, 15) is 4.79 Å². The quantitative estimate of drug-likeness (QED) is 0.257. The van der Waals surface area contributed by atoms with Gasteiger partial charge in [0.15, 0.2) is 5.60 Å². The lowest BCUT2D eigenvalue weighted by Gasteiger charge is -2.21. The smallest absolute Gasteiger partial charge is 0.352 e. The maximum atomic E-state index is 13.7. The van der Waals surface area contributed by atoms with Gasteiger partial charge in [0.05, 0.1) is 0 Å². The van der Waals surface area contributed by atoms with E-state index in [1.807, 2.05) is 109 Å². The summed E-state index contributed by atoms with van der Waals surface area (Å²) < 4.78 is 12.3. The molecule has 3 heteroatoms. The van der Waals surface area contributed by atoms with E-state index in [2.05, 4.69) is 0 Å². The summed E-state index contributed by atoms with van der Waals surface area (Å²) in [4.78, 5) is 13.7. The van der Waals surface area contributed by atoms with Crippen molar-refractivity contribution in [3.63, 3.8) is 0 Å². The second-order valence-corrected chi connectivity index (χ2v) is 7.27. The van der Waals surface area contributed by atoms with Crippen molar-refractivity contribution in [2.45, 2.75) is 11.2 Å². The summed E-state index contributed by atoms with van der Waals surface area (Å²) in [5, 5.41) is 0. The monoisotopic (exact) mass is 392 g/mol. The SMILES string of the molecule is O=C(Oc1ccccc1)C1(c2ccccc2)OC1(c1ccccc1)c1ccccc1. The van der Waals surface area contributed by atoms with Crippen molar-refractivity contribution in [1.82, 2.24) is 0 Å².